The summed E-state index contributed by atoms with van der Waals surface area (Å²) in [5.74, 6) is -0.802. The van der Waals surface area contributed by atoms with E-state index in [0.29, 0.717) is 11.3 Å². The summed E-state index contributed by atoms with van der Waals surface area (Å²) in [5, 5.41) is 15.2. The third kappa shape index (κ3) is 3.07. The molecule has 3 aromatic rings. The fourth-order valence-electron chi connectivity index (χ4n) is 2.34. The lowest BCUT2D eigenvalue weighted by Gasteiger charge is -2.18. The standard InChI is InChI=1S/C16H13FN4O3/c1-11(24-15-4-2-7-18-16(15)21(22)23)13-10-12(17)5-6-14(13)20-9-3-8-19-20/h2-11H,1H3. The third-order valence-electron chi connectivity index (χ3n) is 3.41. The Labute approximate surface area is 136 Å². The number of ether oxygens (including phenoxy) is 1. The Bertz CT molecular complexity index is 868. The van der Waals surface area contributed by atoms with Gasteiger partial charge in [-0.2, -0.15) is 5.10 Å². The molecule has 122 valence electrons. The minimum atomic E-state index is -0.650. The van der Waals surface area contributed by atoms with Crippen molar-refractivity contribution in [2.45, 2.75) is 13.0 Å². The zero-order valence-electron chi connectivity index (χ0n) is 12.7. The van der Waals surface area contributed by atoms with Gasteiger partial charge < -0.3 is 14.9 Å². The Hall–Kier alpha value is -3.29. The molecule has 0 aliphatic heterocycles. The first-order valence-electron chi connectivity index (χ1n) is 7.12. The molecule has 0 N–H and O–H groups in total. The van der Waals surface area contributed by atoms with Crippen molar-refractivity contribution in [3.8, 4) is 11.4 Å². The minimum Gasteiger partial charge on any atom is -0.478 e. The number of aromatic nitrogens is 3. The highest BCUT2D eigenvalue weighted by Crippen LogP contribution is 2.31. The number of hydrogen-bond acceptors (Lipinski definition) is 5. The van der Waals surface area contributed by atoms with Crippen molar-refractivity contribution >= 4 is 5.82 Å². The zero-order valence-corrected chi connectivity index (χ0v) is 12.7. The van der Waals surface area contributed by atoms with Crippen molar-refractivity contribution in [2.24, 2.45) is 0 Å². The number of nitrogens with zero attached hydrogens (tertiary/aromatic N) is 4. The molecule has 0 aliphatic carbocycles. The van der Waals surface area contributed by atoms with Crippen molar-refractivity contribution in [3.05, 3.63) is 76.5 Å². The summed E-state index contributed by atoms with van der Waals surface area (Å²) in [6.07, 6.45) is 3.98. The van der Waals surface area contributed by atoms with Gasteiger partial charge in [0.15, 0.2) is 0 Å². The predicted octanol–water partition coefficient (Wildman–Crippen LogP) is 3.45. The van der Waals surface area contributed by atoms with Crippen LogP contribution in [0.5, 0.6) is 5.75 Å². The molecule has 0 saturated carbocycles. The summed E-state index contributed by atoms with van der Waals surface area (Å²) in [4.78, 5) is 14.1. The van der Waals surface area contributed by atoms with E-state index in [0.717, 1.165) is 0 Å². The number of rotatable bonds is 5. The summed E-state index contributed by atoms with van der Waals surface area (Å²) in [6, 6.07) is 8.95. The fourth-order valence-corrected chi connectivity index (χ4v) is 2.34. The fraction of sp³-hybridized carbons (Fsp3) is 0.125. The highest BCUT2D eigenvalue weighted by atomic mass is 19.1. The molecular weight excluding hydrogens is 315 g/mol. The number of pyridine rings is 1. The molecule has 3 rings (SSSR count). The van der Waals surface area contributed by atoms with Crippen LogP contribution in [0.15, 0.2) is 55.0 Å². The second kappa shape index (κ2) is 6.45. The van der Waals surface area contributed by atoms with Gasteiger partial charge in [0.2, 0.25) is 5.75 Å². The Morgan fingerprint density at radius 1 is 1.29 bits per heavy atom. The number of nitro groups is 1. The average molecular weight is 328 g/mol. The molecule has 2 heterocycles. The average Bonchev–Trinajstić information content (AvgIpc) is 3.09. The van der Waals surface area contributed by atoms with Crippen LogP contribution in [0.2, 0.25) is 0 Å². The van der Waals surface area contributed by atoms with Gasteiger partial charge in [0.25, 0.3) is 0 Å². The van der Waals surface area contributed by atoms with Crippen LogP contribution in [0.1, 0.15) is 18.6 Å². The minimum absolute atomic E-state index is 0.0191. The first kappa shape index (κ1) is 15.6. The van der Waals surface area contributed by atoms with E-state index < -0.39 is 16.8 Å². The molecule has 0 bridgehead atoms. The van der Waals surface area contributed by atoms with Gasteiger partial charge >= 0.3 is 5.82 Å². The van der Waals surface area contributed by atoms with Crippen LogP contribution in [0.4, 0.5) is 10.2 Å². The molecule has 0 saturated heterocycles. The molecule has 1 unspecified atom stereocenters. The second-order valence-electron chi connectivity index (χ2n) is 5.00. The summed E-state index contributed by atoms with van der Waals surface area (Å²) in [7, 11) is 0. The Morgan fingerprint density at radius 2 is 2.12 bits per heavy atom. The van der Waals surface area contributed by atoms with Crippen molar-refractivity contribution in [3.63, 3.8) is 0 Å². The lowest BCUT2D eigenvalue weighted by atomic mass is 10.1. The van der Waals surface area contributed by atoms with Crippen molar-refractivity contribution in [2.75, 3.05) is 0 Å². The van der Waals surface area contributed by atoms with Gasteiger partial charge in [-0.25, -0.2) is 9.07 Å². The van der Waals surface area contributed by atoms with Crippen LogP contribution < -0.4 is 4.74 Å². The van der Waals surface area contributed by atoms with E-state index in [9.17, 15) is 14.5 Å². The molecule has 2 aromatic heterocycles. The largest absolute Gasteiger partial charge is 0.478 e. The SMILES string of the molecule is CC(Oc1cccnc1[N+](=O)[O-])c1cc(F)ccc1-n1cccn1. The molecule has 8 heteroatoms. The lowest BCUT2D eigenvalue weighted by molar-refractivity contribution is -0.390. The predicted molar refractivity (Wildman–Crippen MR) is 83.5 cm³/mol. The number of benzene rings is 1. The third-order valence-corrected chi connectivity index (χ3v) is 3.41. The van der Waals surface area contributed by atoms with Crippen LogP contribution in [0, 0.1) is 15.9 Å². The molecule has 0 fully saturated rings. The molecule has 1 atom stereocenters. The maximum Gasteiger partial charge on any atom is 0.406 e. The van der Waals surface area contributed by atoms with Gasteiger partial charge in [-0.15, -0.1) is 0 Å². The van der Waals surface area contributed by atoms with E-state index in [1.807, 2.05) is 0 Å². The lowest BCUT2D eigenvalue weighted by Crippen LogP contribution is -2.10. The molecule has 0 radical (unpaired) electrons. The smallest absolute Gasteiger partial charge is 0.406 e. The van der Waals surface area contributed by atoms with Gasteiger partial charge in [-0.1, -0.05) is 0 Å². The van der Waals surface area contributed by atoms with E-state index in [2.05, 4.69) is 10.1 Å². The molecule has 0 aliphatic rings. The van der Waals surface area contributed by atoms with E-state index in [1.165, 1.54) is 30.5 Å². The van der Waals surface area contributed by atoms with E-state index in [1.54, 1.807) is 36.1 Å². The first-order valence-corrected chi connectivity index (χ1v) is 7.12. The molecule has 0 amide bonds. The monoisotopic (exact) mass is 328 g/mol. The normalized spacial score (nSPS) is 11.9. The van der Waals surface area contributed by atoms with Crippen LogP contribution in [0.25, 0.3) is 5.69 Å². The quantitative estimate of drug-likeness (QED) is 0.529. The summed E-state index contributed by atoms with van der Waals surface area (Å²) in [6.45, 7) is 1.68. The molecule has 1 aromatic carbocycles. The summed E-state index contributed by atoms with van der Waals surface area (Å²) < 4.78 is 20.9. The van der Waals surface area contributed by atoms with Gasteiger partial charge in [0, 0.05) is 18.0 Å². The molecule has 7 nitrogen and oxygen atoms in total. The van der Waals surface area contributed by atoms with Gasteiger partial charge in [0.1, 0.15) is 18.1 Å². The topological polar surface area (TPSA) is 83.1 Å². The van der Waals surface area contributed by atoms with Crippen LogP contribution in [0.3, 0.4) is 0 Å². The Morgan fingerprint density at radius 3 is 2.83 bits per heavy atom. The summed E-state index contributed by atoms with van der Waals surface area (Å²) in [5.41, 5.74) is 1.14. The molecule has 0 spiro atoms. The van der Waals surface area contributed by atoms with Gasteiger partial charge in [0.05, 0.1) is 5.69 Å². The van der Waals surface area contributed by atoms with Crippen molar-refractivity contribution < 1.29 is 14.1 Å². The van der Waals surface area contributed by atoms with Crippen molar-refractivity contribution in [1.29, 1.82) is 0 Å². The van der Waals surface area contributed by atoms with E-state index >= 15 is 0 Å². The van der Waals surface area contributed by atoms with Crippen LogP contribution in [-0.4, -0.2) is 19.7 Å². The molecular formula is C16H13FN4O3. The Kier molecular flexibility index (Phi) is 4.19. The zero-order chi connectivity index (χ0) is 17.1. The summed E-state index contributed by atoms with van der Waals surface area (Å²) >= 11 is 0. The molecule has 24 heavy (non-hydrogen) atoms. The maximum absolute atomic E-state index is 13.7. The number of halogens is 1. The van der Waals surface area contributed by atoms with Crippen molar-refractivity contribution in [1.82, 2.24) is 14.8 Å². The van der Waals surface area contributed by atoms with Gasteiger partial charge in [-0.3, -0.25) is 0 Å². The Balaban J connectivity index is 1.98. The van der Waals surface area contributed by atoms with Gasteiger partial charge in [-0.05, 0) is 53.2 Å². The highest BCUT2D eigenvalue weighted by molar-refractivity contribution is 5.44. The van der Waals surface area contributed by atoms with E-state index in [4.69, 9.17) is 4.74 Å². The van der Waals surface area contributed by atoms with Crippen LogP contribution in [-0.2, 0) is 0 Å². The highest BCUT2D eigenvalue weighted by Gasteiger charge is 2.21. The second-order valence-corrected chi connectivity index (χ2v) is 5.00. The first-order chi connectivity index (χ1) is 11.6. The van der Waals surface area contributed by atoms with Crippen LogP contribution >= 0.6 is 0 Å². The number of hydrogen-bond donors (Lipinski definition) is 0. The van der Waals surface area contributed by atoms with E-state index in [-0.39, 0.29) is 11.6 Å². The maximum atomic E-state index is 13.7.